The number of aromatic nitrogens is 2. The third kappa shape index (κ3) is 2.16. The van der Waals surface area contributed by atoms with Gasteiger partial charge < -0.3 is 9.15 Å². The second-order valence-electron chi connectivity index (χ2n) is 4.82. The second kappa shape index (κ2) is 4.53. The SMILES string of the molecule is Cc1cc(C)cc(-c2nnc(C3CCCO3)o2)c1. The maximum atomic E-state index is 5.72. The Labute approximate surface area is 106 Å². The predicted octanol–water partition coefficient (Wildman–Crippen LogP) is 3.20. The van der Waals surface area contributed by atoms with Gasteiger partial charge in [0.1, 0.15) is 6.10 Å². The van der Waals surface area contributed by atoms with Crippen LogP contribution < -0.4 is 0 Å². The zero-order valence-electron chi connectivity index (χ0n) is 10.6. The van der Waals surface area contributed by atoms with Crippen LogP contribution in [0, 0.1) is 13.8 Å². The lowest BCUT2D eigenvalue weighted by molar-refractivity contribution is 0.0896. The summed E-state index contributed by atoms with van der Waals surface area (Å²) in [5, 5.41) is 8.21. The van der Waals surface area contributed by atoms with Crippen molar-refractivity contribution in [2.75, 3.05) is 6.61 Å². The molecule has 1 atom stereocenters. The molecule has 4 nitrogen and oxygen atoms in total. The Bertz CT molecular complexity index is 536. The lowest BCUT2D eigenvalue weighted by Gasteiger charge is -2.02. The van der Waals surface area contributed by atoms with Crippen molar-refractivity contribution in [1.29, 1.82) is 0 Å². The molecule has 1 aromatic carbocycles. The van der Waals surface area contributed by atoms with Gasteiger partial charge in [-0.25, -0.2) is 0 Å². The average molecular weight is 244 g/mol. The summed E-state index contributed by atoms with van der Waals surface area (Å²) in [6.45, 7) is 4.91. The number of rotatable bonds is 2. The van der Waals surface area contributed by atoms with Crippen LogP contribution in [0.1, 0.15) is 36.0 Å². The number of hydrogen-bond donors (Lipinski definition) is 0. The standard InChI is InChI=1S/C14H16N2O2/c1-9-6-10(2)8-11(7-9)13-15-16-14(18-13)12-4-3-5-17-12/h6-8,12H,3-5H2,1-2H3. The van der Waals surface area contributed by atoms with Gasteiger partial charge in [-0.3, -0.25) is 0 Å². The fourth-order valence-corrected chi connectivity index (χ4v) is 2.35. The predicted molar refractivity (Wildman–Crippen MR) is 67.1 cm³/mol. The van der Waals surface area contributed by atoms with Crippen molar-refractivity contribution in [3.05, 3.63) is 35.2 Å². The molecule has 4 heteroatoms. The lowest BCUT2D eigenvalue weighted by atomic mass is 10.1. The van der Waals surface area contributed by atoms with Crippen LogP contribution in [0.5, 0.6) is 0 Å². The molecule has 0 amide bonds. The summed E-state index contributed by atoms with van der Waals surface area (Å²) < 4.78 is 11.3. The summed E-state index contributed by atoms with van der Waals surface area (Å²) in [5.41, 5.74) is 3.37. The molecule has 1 aromatic heterocycles. The van der Waals surface area contributed by atoms with Crippen molar-refractivity contribution >= 4 is 0 Å². The van der Waals surface area contributed by atoms with Crippen LogP contribution in [0.25, 0.3) is 11.5 Å². The van der Waals surface area contributed by atoms with Gasteiger partial charge in [0, 0.05) is 12.2 Å². The van der Waals surface area contributed by atoms with Crippen LogP contribution in [0.15, 0.2) is 22.6 Å². The molecule has 1 unspecified atom stereocenters. The monoisotopic (exact) mass is 244 g/mol. The molecule has 1 fully saturated rings. The minimum Gasteiger partial charge on any atom is -0.418 e. The molecule has 1 aliphatic rings. The summed E-state index contributed by atoms with van der Waals surface area (Å²) in [7, 11) is 0. The van der Waals surface area contributed by atoms with Gasteiger partial charge in [0.2, 0.25) is 11.8 Å². The summed E-state index contributed by atoms with van der Waals surface area (Å²) in [5.74, 6) is 1.17. The van der Waals surface area contributed by atoms with E-state index in [0.29, 0.717) is 11.8 Å². The van der Waals surface area contributed by atoms with E-state index in [-0.39, 0.29) is 6.10 Å². The molecule has 18 heavy (non-hydrogen) atoms. The molecule has 2 aromatic rings. The van der Waals surface area contributed by atoms with Gasteiger partial charge in [-0.15, -0.1) is 10.2 Å². The number of benzene rings is 1. The first-order valence-electron chi connectivity index (χ1n) is 6.26. The summed E-state index contributed by atoms with van der Waals surface area (Å²) in [6.07, 6.45) is 2.01. The first kappa shape index (κ1) is 11.4. The summed E-state index contributed by atoms with van der Waals surface area (Å²) in [6, 6.07) is 6.24. The quantitative estimate of drug-likeness (QED) is 0.813. The largest absolute Gasteiger partial charge is 0.418 e. The second-order valence-corrected chi connectivity index (χ2v) is 4.82. The summed E-state index contributed by atoms with van der Waals surface area (Å²) >= 11 is 0. The van der Waals surface area contributed by atoms with Crippen LogP contribution in [0.4, 0.5) is 0 Å². The topological polar surface area (TPSA) is 48.2 Å². The maximum Gasteiger partial charge on any atom is 0.247 e. The van der Waals surface area contributed by atoms with Gasteiger partial charge in [-0.05, 0) is 38.8 Å². The molecule has 0 saturated carbocycles. The van der Waals surface area contributed by atoms with Gasteiger partial charge in [0.15, 0.2) is 0 Å². The van der Waals surface area contributed by atoms with E-state index in [0.717, 1.165) is 25.0 Å². The van der Waals surface area contributed by atoms with E-state index in [1.807, 2.05) is 0 Å². The Kier molecular flexibility index (Phi) is 2.88. The van der Waals surface area contributed by atoms with Crippen molar-refractivity contribution in [2.45, 2.75) is 32.8 Å². The van der Waals surface area contributed by atoms with Crippen molar-refractivity contribution < 1.29 is 9.15 Å². The van der Waals surface area contributed by atoms with Crippen molar-refractivity contribution in [3.63, 3.8) is 0 Å². The molecular formula is C14H16N2O2. The van der Waals surface area contributed by atoms with Gasteiger partial charge >= 0.3 is 0 Å². The molecule has 0 bridgehead atoms. The average Bonchev–Trinajstić information content (AvgIpc) is 2.99. The number of nitrogens with zero attached hydrogens (tertiary/aromatic N) is 2. The molecule has 0 radical (unpaired) electrons. The number of aryl methyl sites for hydroxylation is 2. The molecular weight excluding hydrogens is 228 g/mol. The normalized spacial score (nSPS) is 19.3. The van der Waals surface area contributed by atoms with Crippen molar-refractivity contribution in [2.24, 2.45) is 0 Å². The number of ether oxygens (including phenoxy) is 1. The van der Waals surface area contributed by atoms with Crippen LogP contribution in [0.2, 0.25) is 0 Å². The number of hydrogen-bond acceptors (Lipinski definition) is 4. The summed E-state index contributed by atoms with van der Waals surface area (Å²) in [4.78, 5) is 0. The Morgan fingerprint density at radius 3 is 2.56 bits per heavy atom. The molecule has 0 N–H and O–H groups in total. The van der Waals surface area contributed by atoms with Gasteiger partial charge in [-0.2, -0.15) is 0 Å². The van der Waals surface area contributed by atoms with Gasteiger partial charge in [0.05, 0.1) is 0 Å². The Balaban J connectivity index is 1.92. The molecule has 0 aliphatic carbocycles. The van der Waals surface area contributed by atoms with Crippen LogP contribution in [-0.4, -0.2) is 16.8 Å². The Morgan fingerprint density at radius 2 is 1.89 bits per heavy atom. The highest BCUT2D eigenvalue weighted by Gasteiger charge is 2.23. The first-order valence-corrected chi connectivity index (χ1v) is 6.26. The molecule has 0 spiro atoms. The van der Waals surface area contributed by atoms with Crippen molar-refractivity contribution in [1.82, 2.24) is 10.2 Å². The van der Waals surface area contributed by atoms with E-state index in [1.165, 1.54) is 11.1 Å². The Morgan fingerprint density at radius 1 is 1.11 bits per heavy atom. The van der Waals surface area contributed by atoms with E-state index in [4.69, 9.17) is 9.15 Å². The third-order valence-corrected chi connectivity index (χ3v) is 3.11. The van der Waals surface area contributed by atoms with Gasteiger partial charge in [-0.1, -0.05) is 17.2 Å². The van der Waals surface area contributed by atoms with Crippen LogP contribution in [-0.2, 0) is 4.74 Å². The molecule has 94 valence electrons. The van der Waals surface area contributed by atoms with E-state index >= 15 is 0 Å². The first-order chi connectivity index (χ1) is 8.72. The lowest BCUT2D eigenvalue weighted by Crippen LogP contribution is -1.95. The molecule has 3 rings (SSSR count). The highest BCUT2D eigenvalue weighted by atomic mass is 16.5. The Hall–Kier alpha value is -1.68. The zero-order chi connectivity index (χ0) is 12.5. The smallest absolute Gasteiger partial charge is 0.247 e. The molecule has 2 heterocycles. The highest BCUT2D eigenvalue weighted by molar-refractivity contribution is 5.55. The van der Waals surface area contributed by atoms with Crippen molar-refractivity contribution in [3.8, 4) is 11.5 Å². The fraction of sp³-hybridized carbons (Fsp3) is 0.429. The third-order valence-electron chi connectivity index (χ3n) is 3.11. The van der Waals surface area contributed by atoms with E-state index < -0.39 is 0 Å². The van der Waals surface area contributed by atoms with E-state index in [1.54, 1.807) is 0 Å². The molecule has 1 saturated heterocycles. The zero-order valence-corrected chi connectivity index (χ0v) is 10.6. The van der Waals surface area contributed by atoms with E-state index in [9.17, 15) is 0 Å². The minimum atomic E-state index is -0.0165. The highest BCUT2D eigenvalue weighted by Crippen LogP contribution is 2.29. The van der Waals surface area contributed by atoms with Crippen LogP contribution in [0.3, 0.4) is 0 Å². The van der Waals surface area contributed by atoms with Gasteiger partial charge in [0.25, 0.3) is 0 Å². The van der Waals surface area contributed by atoms with E-state index in [2.05, 4.69) is 42.2 Å². The van der Waals surface area contributed by atoms with Crippen LogP contribution >= 0.6 is 0 Å². The minimum absolute atomic E-state index is 0.0165. The molecule has 1 aliphatic heterocycles. The fourth-order valence-electron chi connectivity index (χ4n) is 2.35. The maximum absolute atomic E-state index is 5.72.